The van der Waals surface area contributed by atoms with E-state index in [1.807, 2.05) is 0 Å². The van der Waals surface area contributed by atoms with Crippen LogP contribution in [0.1, 0.15) is 12.5 Å². The zero-order valence-electron chi connectivity index (χ0n) is 17.4. The number of hydrogen-bond acceptors (Lipinski definition) is 5. The van der Waals surface area contributed by atoms with Gasteiger partial charge < -0.3 is 14.3 Å². The number of nitrogens with one attached hydrogen (secondary N) is 2. The van der Waals surface area contributed by atoms with Gasteiger partial charge >= 0.3 is 0 Å². The molecule has 162 valence electrons. The van der Waals surface area contributed by atoms with Crippen LogP contribution in [0, 0.1) is 11.3 Å². The number of hydrogen-bond donors (Lipinski definition) is 2. The molecule has 2 N–H and O–H groups in total. The van der Waals surface area contributed by atoms with Gasteiger partial charge in [0, 0.05) is 41.6 Å². The molecule has 0 aliphatic rings. The van der Waals surface area contributed by atoms with Gasteiger partial charge in [0.05, 0.1) is 17.4 Å². The maximum Gasteiger partial charge on any atom is 0.274 e. The monoisotopic (exact) mass is 448 g/mol. The van der Waals surface area contributed by atoms with Crippen molar-refractivity contribution in [3.63, 3.8) is 0 Å². The number of aromatic nitrogens is 2. The van der Waals surface area contributed by atoms with Gasteiger partial charge in [0.25, 0.3) is 5.56 Å². The summed E-state index contributed by atoms with van der Waals surface area (Å²) >= 11 is 0. The zero-order chi connectivity index (χ0) is 22.9. The van der Waals surface area contributed by atoms with Gasteiger partial charge in [-0.3, -0.25) is 9.52 Å². The van der Waals surface area contributed by atoms with Gasteiger partial charge in [-0.2, -0.15) is 5.26 Å². The van der Waals surface area contributed by atoms with Crippen molar-refractivity contribution in [1.29, 1.82) is 5.26 Å². The molecular weight excluding hydrogens is 428 g/mol. The predicted octanol–water partition coefficient (Wildman–Crippen LogP) is 3.96. The van der Waals surface area contributed by atoms with Crippen LogP contribution in [-0.2, 0) is 17.1 Å². The third-order valence-corrected chi connectivity index (χ3v) is 6.34. The molecule has 2 aromatic carbocycles. The van der Waals surface area contributed by atoms with E-state index in [1.54, 1.807) is 74.9 Å². The highest BCUT2D eigenvalue weighted by molar-refractivity contribution is 7.92. The summed E-state index contributed by atoms with van der Waals surface area (Å²) in [6.45, 7) is 1.56. The number of aromatic amines is 1. The molecule has 0 aliphatic heterocycles. The third-order valence-electron chi connectivity index (χ3n) is 5.03. The van der Waals surface area contributed by atoms with Crippen LogP contribution in [0.15, 0.2) is 65.7 Å². The number of pyridine rings is 1. The van der Waals surface area contributed by atoms with Crippen LogP contribution in [0.2, 0.25) is 0 Å². The molecular formula is C23H20N4O4S. The number of ether oxygens (including phenoxy) is 1. The van der Waals surface area contributed by atoms with Crippen LogP contribution in [0.4, 0.5) is 5.69 Å². The Kier molecular flexibility index (Phi) is 5.47. The van der Waals surface area contributed by atoms with E-state index in [1.165, 1.54) is 4.57 Å². The molecule has 9 heteroatoms. The molecule has 0 atom stereocenters. The maximum absolute atomic E-state index is 12.5. The first kappa shape index (κ1) is 21.2. The molecule has 8 nitrogen and oxygen atoms in total. The summed E-state index contributed by atoms with van der Waals surface area (Å²) in [5.41, 5.74) is 2.45. The first-order valence-corrected chi connectivity index (χ1v) is 11.5. The smallest absolute Gasteiger partial charge is 0.274 e. The lowest BCUT2D eigenvalue weighted by Gasteiger charge is -2.16. The highest BCUT2D eigenvalue weighted by Crippen LogP contribution is 2.38. The summed E-state index contributed by atoms with van der Waals surface area (Å²) in [7, 11) is -1.83. The molecule has 4 aromatic rings. The molecule has 2 heterocycles. The highest BCUT2D eigenvalue weighted by Gasteiger charge is 2.17. The van der Waals surface area contributed by atoms with E-state index in [-0.39, 0.29) is 11.3 Å². The molecule has 0 aliphatic carbocycles. The Hall–Kier alpha value is -4.03. The topological polar surface area (TPSA) is 117 Å². The summed E-state index contributed by atoms with van der Waals surface area (Å²) < 4.78 is 34.3. The van der Waals surface area contributed by atoms with E-state index in [2.05, 4.69) is 15.8 Å². The molecule has 4 rings (SSSR count). The highest BCUT2D eigenvalue weighted by atomic mass is 32.2. The zero-order valence-corrected chi connectivity index (χ0v) is 18.2. The number of anilines is 1. The molecule has 2 aromatic heterocycles. The van der Waals surface area contributed by atoms with Crippen LogP contribution in [0.3, 0.4) is 0 Å². The van der Waals surface area contributed by atoms with Crippen molar-refractivity contribution in [2.75, 3.05) is 10.5 Å². The van der Waals surface area contributed by atoms with Crippen molar-refractivity contribution in [2.45, 2.75) is 6.92 Å². The van der Waals surface area contributed by atoms with Crippen LogP contribution in [0.5, 0.6) is 11.5 Å². The van der Waals surface area contributed by atoms with Gasteiger partial charge in [0.15, 0.2) is 0 Å². The van der Waals surface area contributed by atoms with Crippen molar-refractivity contribution in [3.8, 4) is 28.7 Å². The molecule has 0 fully saturated rings. The Morgan fingerprint density at radius 1 is 1.12 bits per heavy atom. The summed E-state index contributed by atoms with van der Waals surface area (Å²) in [4.78, 5) is 15.5. The van der Waals surface area contributed by atoms with E-state index in [9.17, 15) is 13.2 Å². The average Bonchev–Trinajstić information content (AvgIpc) is 3.28. The van der Waals surface area contributed by atoms with E-state index >= 15 is 0 Å². The fourth-order valence-electron chi connectivity index (χ4n) is 3.35. The van der Waals surface area contributed by atoms with Gasteiger partial charge in [-0.25, -0.2) is 8.42 Å². The van der Waals surface area contributed by atoms with Gasteiger partial charge in [0.1, 0.15) is 17.0 Å². The van der Waals surface area contributed by atoms with Gasteiger partial charge in [-0.1, -0.05) is 0 Å². The minimum absolute atomic E-state index is 0.0618. The Labute approximate surface area is 184 Å². The number of H-pyrrole nitrogens is 1. The van der Waals surface area contributed by atoms with E-state index in [0.29, 0.717) is 44.8 Å². The molecule has 0 radical (unpaired) electrons. The average molecular weight is 449 g/mol. The van der Waals surface area contributed by atoms with E-state index in [0.717, 1.165) is 0 Å². The summed E-state index contributed by atoms with van der Waals surface area (Å²) in [5.74, 6) is 0.922. The van der Waals surface area contributed by atoms with Gasteiger partial charge in [0.2, 0.25) is 10.0 Å². The van der Waals surface area contributed by atoms with Crippen molar-refractivity contribution in [3.05, 3.63) is 76.8 Å². The molecule has 0 bridgehead atoms. The second-order valence-corrected chi connectivity index (χ2v) is 9.19. The fourth-order valence-corrected chi connectivity index (χ4v) is 3.98. The molecule has 0 amide bonds. The fraction of sp³-hybridized carbons (Fsp3) is 0.130. The minimum Gasteiger partial charge on any atom is -0.457 e. The van der Waals surface area contributed by atoms with Crippen molar-refractivity contribution in [1.82, 2.24) is 9.55 Å². The molecule has 0 saturated heterocycles. The number of benzene rings is 2. The minimum atomic E-state index is -3.48. The molecule has 32 heavy (non-hydrogen) atoms. The van der Waals surface area contributed by atoms with Crippen molar-refractivity contribution >= 4 is 26.6 Å². The SMILES string of the molecule is CCS(=O)(=O)Nc1ccc(Oc2ccc(C#N)cc2)c(-c2cn(C)c(=O)c3[nH]ccc23)c1. The van der Waals surface area contributed by atoms with Crippen LogP contribution < -0.4 is 15.0 Å². The first-order valence-electron chi connectivity index (χ1n) is 9.81. The normalized spacial score (nSPS) is 11.3. The van der Waals surface area contributed by atoms with Crippen LogP contribution in [-0.4, -0.2) is 23.7 Å². The number of aryl methyl sites for hydroxylation is 1. The molecule has 0 saturated carbocycles. The Balaban J connectivity index is 1.89. The Bertz CT molecular complexity index is 1510. The van der Waals surface area contributed by atoms with Crippen LogP contribution in [0.25, 0.3) is 22.0 Å². The second kappa shape index (κ2) is 8.24. The largest absolute Gasteiger partial charge is 0.457 e. The maximum atomic E-state index is 12.5. The third kappa shape index (κ3) is 4.08. The quantitative estimate of drug-likeness (QED) is 0.463. The summed E-state index contributed by atoms with van der Waals surface area (Å²) in [6.07, 6.45) is 3.37. The van der Waals surface area contributed by atoms with E-state index < -0.39 is 10.0 Å². The van der Waals surface area contributed by atoms with Crippen molar-refractivity contribution in [2.24, 2.45) is 7.05 Å². The number of rotatable bonds is 6. The number of sulfonamides is 1. The van der Waals surface area contributed by atoms with Gasteiger partial charge in [-0.15, -0.1) is 0 Å². The van der Waals surface area contributed by atoms with E-state index in [4.69, 9.17) is 10.00 Å². The van der Waals surface area contributed by atoms with Crippen LogP contribution >= 0.6 is 0 Å². The molecule has 0 spiro atoms. The standard InChI is InChI=1S/C23H20N4O4S/c1-3-32(29,30)26-16-6-9-21(31-17-7-4-15(13-24)5-8-17)19(12-16)20-14-27(2)23(28)22-18(20)10-11-25-22/h4-12,14,25-26H,3H2,1-2H3. The van der Waals surface area contributed by atoms with Gasteiger partial charge in [-0.05, 0) is 55.5 Å². The number of nitrogens with zero attached hydrogens (tertiary/aromatic N) is 2. The first-order chi connectivity index (χ1) is 15.3. The lowest BCUT2D eigenvalue weighted by Crippen LogP contribution is -2.17. The lowest BCUT2D eigenvalue weighted by atomic mass is 10.0. The Morgan fingerprint density at radius 2 is 1.88 bits per heavy atom. The van der Waals surface area contributed by atoms with Crippen molar-refractivity contribution < 1.29 is 13.2 Å². The molecule has 0 unspecified atom stereocenters. The lowest BCUT2D eigenvalue weighted by molar-refractivity contribution is 0.484. The number of nitriles is 1. The number of fused-ring (bicyclic) bond motifs is 1. The summed E-state index contributed by atoms with van der Waals surface area (Å²) in [6, 6.07) is 15.5. The Morgan fingerprint density at radius 3 is 2.56 bits per heavy atom. The summed E-state index contributed by atoms with van der Waals surface area (Å²) in [5, 5.41) is 9.69. The predicted molar refractivity (Wildman–Crippen MR) is 123 cm³/mol. The second-order valence-electron chi connectivity index (χ2n) is 7.18.